The number of hydroxylamine groups is 3. The second-order valence-electron chi connectivity index (χ2n) is 12.3. The van der Waals surface area contributed by atoms with E-state index in [0.717, 1.165) is 43.0 Å². The molecule has 5 heterocycles. The molecule has 0 aliphatic carbocycles. The molecule has 0 radical (unpaired) electrons. The topological polar surface area (TPSA) is 241 Å². The van der Waals surface area contributed by atoms with Crippen molar-refractivity contribution in [2.24, 2.45) is 0 Å². The van der Waals surface area contributed by atoms with E-state index in [1.165, 1.54) is 19.7 Å². The smallest absolute Gasteiger partial charge is 1.00 e. The number of rotatable bonds is 8. The van der Waals surface area contributed by atoms with E-state index in [9.17, 15) is 24.0 Å². The molecule has 18 nitrogen and oxygen atoms in total. The molecule has 3 aromatic rings. The van der Waals surface area contributed by atoms with Gasteiger partial charge in [0.05, 0.1) is 52.0 Å². The first kappa shape index (κ1) is 82.1. The van der Waals surface area contributed by atoms with Crippen LogP contribution in [0.4, 0.5) is 0 Å². The van der Waals surface area contributed by atoms with Crippen molar-refractivity contribution in [3.05, 3.63) is 78.0 Å². The number of ketones is 2. The predicted molar refractivity (Wildman–Crippen MR) is 272 cm³/mol. The molecule has 0 aromatic carbocycles. The first-order valence-corrected chi connectivity index (χ1v) is 21.9. The minimum atomic E-state index is -1.96. The minimum absolute atomic E-state index is 0. The van der Waals surface area contributed by atoms with Crippen LogP contribution in [0.15, 0.2) is 42.6 Å². The number of amides is 1. The van der Waals surface area contributed by atoms with Crippen LogP contribution in [0.5, 0.6) is 0 Å². The van der Waals surface area contributed by atoms with E-state index in [0.29, 0.717) is 37.4 Å². The van der Waals surface area contributed by atoms with Gasteiger partial charge < -0.3 is 72.5 Å². The molecule has 2 saturated heterocycles. The molecule has 5 N–H and O–H groups in total. The maximum absolute atomic E-state index is 11.3. The number of ether oxygens (including phenoxy) is 4. The van der Waals surface area contributed by atoms with Crippen LogP contribution in [-0.2, 0) is 47.8 Å². The third kappa shape index (κ3) is 54.6. The molecule has 69 heavy (non-hydrogen) atoms. The number of aromatic nitrogens is 3. The molecule has 5 rings (SSSR count). The van der Waals surface area contributed by atoms with Crippen LogP contribution >= 0.6 is 105 Å². The third-order valence-corrected chi connectivity index (χ3v) is 8.43. The molecule has 0 unspecified atom stereocenters. The van der Waals surface area contributed by atoms with Gasteiger partial charge in [-0.2, -0.15) is 0 Å². The number of nitrogens with one attached hydrogen (secondary N) is 4. The Kier molecular flexibility index (Phi) is 58.6. The molecule has 0 atom stereocenters. The summed E-state index contributed by atoms with van der Waals surface area (Å²) in [6.07, 6.45) is 3.76. The van der Waals surface area contributed by atoms with Gasteiger partial charge in [-0.15, -0.1) is 18.8 Å². The van der Waals surface area contributed by atoms with Crippen molar-refractivity contribution in [2.45, 2.75) is 81.0 Å². The van der Waals surface area contributed by atoms with Gasteiger partial charge in [-0.1, -0.05) is 69.6 Å². The van der Waals surface area contributed by atoms with Crippen molar-refractivity contribution in [1.82, 2.24) is 25.5 Å². The summed E-state index contributed by atoms with van der Waals surface area (Å²) >= 11 is 40.8. The molecule has 2 aliphatic heterocycles. The number of carboxylic acid groups (broad SMARTS) is 1. The molecule has 396 valence electrons. The van der Waals surface area contributed by atoms with Crippen molar-refractivity contribution in [3.8, 4) is 0 Å². The fourth-order valence-corrected chi connectivity index (χ4v) is 3.84. The Bertz CT molecular complexity index is 1750. The Morgan fingerprint density at radius 3 is 1.35 bits per heavy atom. The monoisotopic (exact) mass is 1240 g/mol. The first-order chi connectivity index (χ1) is 30.5. The quantitative estimate of drug-likeness (QED) is 0.0418. The number of aryl methyl sites for hydroxylation is 3. The van der Waals surface area contributed by atoms with Gasteiger partial charge in [-0.3, -0.25) is 28.8 Å². The van der Waals surface area contributed by atoms with Gasteiger partial charge in [-0.25, -0.2) is 10.5 Å². The summed E-state index contributed by atoms with van der Waals surface area (Å²) < 4.78 is 16.5. The summed E-state index contributed by atoms with van der Waals surface area (Å²) in [5, 5.41) is 7.14. The summed E-state index contributed by atoms with van der Waals surface area (Å²) in [6, 6.07) is 10.8. The Morgan fingerprint density at radius 2 is 1.17 bits per heavy atom. The largest absolute Gasteiger partial charge is 2.00 e. The number of H-pyrrole nitrogens is 3. The predicted octanol–water partition coefficient (Wildman–Crippen LogP) is 6.26. The van der Waals surface area contributed by atoms with Gasteiger partial charge in [0.2, 0.25) is 11.7 Å². The number of carbonyl (C=O) groups excluding carboxylic acids is 5. The zero-order valence-electron chi connectivity index (χ0n) is 39.7. The van der Waals surface area contributed by atoms with E-state index in [4.69, 9.17) is 122 Å². The number of aliphatic carboxylic acids is 1. The summed E-state index contributed by atoms with van der Waals surface area (Å²) in [5.41, 5.74) is 6.21. The van der Waals surface area contributed by atoms with Crippen LogP contribution in [0.25, 0.3) is 0 Å². The van der Waals surface area contributed by atoms with Crippen molar-refractivity contribution in [1.29, 1.82) is 0 Å². The first-order valence-electron chi connectivity index (χ1n) is 18.9. The molecule has 2 fully saturated rings. The number of hydrogen-bond donors (Lipinski definition) is 5. The third-order valence-electron chi connectivity index (χ3n) is 6.62. The van der Waals surface area contributed by atoms with Crippen LogP contribution in [0.3, 0.4) is 0 Å². The fourth-order valence-electron chi connectivity index (χ4n) is 3.43. The number of aromatic amines is 3. The summed E-state index contributed by atoms with van der Waals surface area (Å²) in [6.45, 7) is 16.2. The maximum Gasteiger partial charge on any atom is 2.00 e. The molecular formula is C40H61BrCl9MgN5O13. The number of carbonyl (C=O) groups is 6. The number of Topliss-reactive ketones (excluding diaryl/α,β-unsaturated/α-hetero) is 2. The van der Waals surface area contributed by atoms with E-state index >= 15 is 0 Å². The van der Waals surface area contributed by atoms with Gasteiger partial charge in [0.25, 0.3) is 24.0 Å². The van der Waals surface area contributed by atoms with Crippen molar-refractivity contribution < 1.29 is 79.5 Å². The maximum atomic E-state index is 11.3. The van der Waals surface area contributed by atoms with Crippen molar-refractivity contribution in [3.63, 3.8) is 0 Å². The van der Waals surface area contributed by atoms with Crippen LogP contribution in [0.1, 0.15) is 78.1 Å². The van der Waals surface area contributed by atoms with Gasteiger partial charge >= 0.3 is 23.1 Å². The normalized spacial score (nSPS) is 12.1. The molecule has 0 saturated carbocycles. The average Bonchev–Trinajstić information content (AvgIpc) is 4.10. The summed E-state index contributed by atoms with van der Waals surface area (Å²) in [5.74, 6) is -1.28. The number of alkyl halides is 6. The molecule has 3 aromatic heterocycles. The van der Waals surface area contributed by atoms with Crippen molar-refractivity contribution >= 4 is 162 Å². The van der Waals surface area contributed by atoms with E-state index in [-0.39, 0.29) is 76.7 Å². The second kappa shape index (κ2) is 49.3. The van der Waals surface area contributed by atoms with Crippen LogP contribution < -0.4 is 22.5 Å². The molecular weight excluding hydrogens is 1180 g/mol. The van der Waals surface area contributed by atoms with E-state index in [2.05, 4.69) is 37.0 Å². The van der Waals surface area contributed by atoms with E-state index in [1.54, 1.807) is 52.4 Å². The fraction of sp³-hybridized carbons (Fsp3) is 0.525. The number of carboxylic acids is 1. The van der Waals surface area contributed by atoms with Crippen molar-refractivity contribution in [2.75, 3.05) is 54.7 Å². The van der Waals surface area contributed by atoms with Crippen LogP contribution in [0, 0.1) is 27.7 Å². The average molecular weight is 1240 g/mol. The molecule has 0 bridgehead atoms. The number of hydrogen-bond acceptors (Lipinski definition) is 13. The molecule has 0 spiro atoms. The van der Waals surface area contributed by atoms with Crippen LogP contribution in [0.2, 0.25) is 0 Å². The Balaban J connectivity index is -0.000000127. The van der Waals surface area contributed by atoms with Crippen LogP contribution in [-0.4, -0.2) is 157 Å². The van der Waals surface area contributed by atoms with E-state index < -0.39 is 29.8 Å². The van der Waals surface area contributed by atoms with Gasteiger partial charge in [-0.05, 0) is 87.3 Å². The SMILES string of the molecule is CC(=O)CCC1OCCO1.CC(=O)O.CNOC.CON(C)C(C)=O.Cc1ccc(C(=O)C(Cl)(Cl)Cl)[nH]1.Cc1ccc(C(=O)Cl)[nH]1.Cc1ccc[nH]1.Cl.O=C(Cl)C(Cl)(Cl)Cl.[Br-].[CH2-]CC1OCCO1.[Mg+2]. The summed E-state index contributed by atoms with van der Waals surface area (Å²) in [7, 11) is 6.28. The second-order valence-corrected chi connectivity index (χ2v) is 17.6. The Labute approximate surface area is 476 Å². The standard InChI is InChI=1S/C7H6Cl3NO.C7H12O3.C6H6ClNO.C5H7N.C5H9O2.C4H9NO2.C2Cl4O.C2H7NO.C2H4O2.BrH.ClH.Mg/c1-4-2-3-5(11-4)6(12)7(8,9)10;1-6(8)2-3-7-9-4-5-10-7;1-4-2-3-5(8-4)6(7)9;1-5-3-2-4-6-5;1-2-5-6-3-4-7-5;1-4(6)5(2)7-3;3-1(7)2(4,5)6;1-3-4-2;1-2(3)4;;;/h2-3,11H,1H3;7H,2-5H2,1H3;2-3,8H,1H3;2-4,6H,1H3;5H,1-4H2;1-3H3;;3H,1-2H3;1H3,(H,3,4);2*1H;/q;;;;-1;;;;;;;+2/p-1. The minimum Gasteiger partial charge on any atom is -1.00 e. The van der Waals surface area contributed by atoms with E-state index in [1.807, 2.05) is 39.1 Å². The van der Waals surface area contributed by atoms with Gasteiger partial charge in [0.15, 0.2) is 6.29 Å². The summed E-state index contributed by atoms with van der Waals surface area (Å²) in [4.78, 5) is 78.5. The Hall–Kier alpha value is -0.964. The number of halogens is 10. The zero-order valence-corrected chi connectivity index (χ0v) is 49.5. The number of nitrogens with zero attached hydrogens (tertiary/aromatic N) is 1. The van der Waals surface area contributed by atoms with Gasteiger partial charge in [0, 0.05) is 64.1 Å². The molecule has 2 aliphatic rings. The zero-order chi connectivity index (χ0) is 52.1. The Morgan fingerprint density at radius 1 is 0.783 bits per heavy atom. The molecule has 29 heteroatoms. The van der Waals surface area contributed by atoms with Gasteiger partial charge in [0.1, 0.15) is 12.1 Å². The molecule has 1 amide bonds.